The van der Waals surface area contributed by atoms with Crippen LogP contribution in [0.4, 0.5) is 0 Å². The molecule has 2 N–H and O–H groups in total. The summed E-state index contributed by atoms with van der Waals surface area (Å²) >= 11 is 0. The van der Waals surface area contributed by atoms with E-state index in [1.165, 1.54) is 0 Å². The highest BCUT2D eigenvalue weighted by atomic mass is 16.2. The molecule has 0 aliphatic carbocycles. The standard InChI is InChI=1S/C4H5N3O/c1-3-6-4(8)2-5-7-3/h2,7H,1H2,(H,6,8). The molecule has 0 saturated carbocycles. The van der Waals surface area contributed by atoms with Gasteiger partial charge < -0.3 is 5.32 Å². The van der Waals surface area contributed by atoms with Crippen molar-refractivity contribution in [3.63, 3.8) is 0 Å². The van der Waals surface area contributed by atoms with Crippen LogP contribution < -0.4 is 10.7 Å². The van der Waals surface area contributed by atoms with Crippen LogP contribution in [0.15, 0.2) is 17.5 Å². The maximum atomic E-state index is 10.3. The van der Waals surface area contributed by atoms with Crippen LogP contribution in [-0.4, -0.2) is 12.1 Å². The van der Waals surface area contributed by atoms with Gasteiger partial charge in [0.2, 0.25) is 0 Å². The van der Waals surface area contributed by atoms with E-state index in [0.29, 0.717) is 5.82 Å². The lowest BCUT2D eigenvalue weighted by molar-refractivity contribution is -0.114. The van der Waals surface area contributed by atoms with Crippen LogP contribution in [0, 0.1) is 0 Å². The number of carbonyl (C=O) groups is 1. The molecular weight excluding hydrogens is 106 g/mol. The molecule has 0 fully saturated rings. The van der Waals surface area contributed by atoms with Crippen LogP contribution >= 0.6 is 0 Å². The second-order valence-electron chi connectivity index (χ2n) is 1.34. The van der Waals surface area contributed by atoms with Crippen molar-refractivity contribution in [2.24, 2.45) is 5.10 Å². The Morgan fingerprint density at radius 2 is 2.50 bits per heavy atom. The first-order valence-electron chi connectivity index (χ1n) is 2.08. The van der Waals surface area contributed by atoms with Gasteiger partial charge in [0.05, 0.1) is 0 Å². The zero-order valence-corrected chi connectivity index (χ0v) is 4.14. The van der Waals surface area contributed by atoms with E-state index < -0.39 is 0 Å². The number of nitrogens with zero attached hydrogens (tertiary/aromatic N) is 1. The number of carbonyl (C=O) groups excluding carboxylic acids is 1. The van der Waals surface area contributed by atoms with Gasteiger partial charge in [0.1, 0.15) is 12.0 Å². The van der Waals surface area contributed by atoms with Gasteiger partial charge >= 0.3 is 0 Å². The van der Waals surface area contributed by atoms with Crippen molar-refractivity contribution in [2.75, 3.05) is 0 Å². The van der Waals surface area contributed by atoms with E-state index in [9.17, 15) is 4.79 Å². The van der Waals surface area contributed by atoms with Crippen LogP contribution in [-0.2, 0) is 4.79 Å². The topological polar surface area (TPSA) is 53.5 Å². The van der Waals surface area contributed by atoms with Crippen LogP contribution in [0.25, 0.3) is 0 Å². The van der Waals surface area contributed by atoms with Crippen LogP contribution in [0.2, 0.25) is 0 Å². The first-order valence-corrected chi connectivity index (χ1v) is 2.08. The van der Waals surface area contributed by atoms with E-state index >= 15 is 0 Å². The van der Waals surface area contributed by atoms with Gasteiger partial charge in [0.25, 0.3) is 5.91 Å². The Kier molecular flexibility index (Phi) is 0.997. The molecular formula is C4H5N3O. The van der Waals surface area contributed by atoms with Gasteiger partial charge in [-0.1, -0.05) is 6.58 Å². The number of amides is 1. The van der Waals surface area contributed by atoms with E-state index in [1.807, 2.05) is 0 Å². The van der Waals surface area contributed by atoms with E-state index in [1.54, 1.807) is 0 Å². The summed E-state index contributed by atoms with van der Waals surface area (Å²) in [6, 6.07) is 0. The molecule has 0 saturated heterocycles. The summed E-state index contributed by atoms with van der Waals surface area (Å²) in [4.78, 5) is 10.3. The minimum atomic E-state index is -0.242. The van der Waals surface area contributed by atoms with Gasteiger partial charge in [-0.3, -0.25) is 10.2 Å². The lowest BCUT2D eigenvalue weighted by Gasteiger charge is -2.07. The SMILES string of the molecule is C=C1NN=CC(=O)N1. The van der Waals surface area contributed by atoms with Crippen molar-refractivity contribution in [1.82, 2.24) is 10.7 Å². The molecule has 4 heteroatoms. The molecule has 0 spiro atoms. The second-order valence-corrected chi connectivity index (χ2v) is 1.34. The lowest BCUT2D eigenvalue weighted by Crippen LogP contribution is -2.34. The molecule has 0 radical (unpaired) electrons. The predicted octanol–water partition coefficient (Wildman–Crippen LogP) is -0.837. The minimum absolute atomic E-state index is 0.242. The van der Waals surface area contributed by atoms with Crippen LogP contribution in [0.3, 0.4) is 0 Å². The maximum absolute atomic E-state index is 10.3. The predicted molar refractivity (Wildman–Crippen MR) is 28.9 cm³/mol. The Balaban J connectivity index is 2.68. The molecule has 0 aromatic carbocycles. The third-order valence-corrected chi connectivity index (χ3v) is 0.655. The summed E-state index contributed by atoms with van der Waals surface area (Å²) in [5.41, 5.74) is 2.46. The normalized spacial score (nSPS) is 17.5. The molecule has 1 amide bonds. The van der Waals surface area contributed by atoms with Gasteiger partial charge in [-0.05, 0) is 0 Å². The fraction of sp³-hybridized carbons (Fsp3) is 0. The van der Waals surface area contributed by atoms with Gasteiger partial charge in [0.15, 0.2) is 0 Å². The van der Waals surface area contributed by atoms with Gasteiger partial charge in [-0.25, -0.2) is 0 Å². The third-order valence-electron chi connectivity index (χ3n) is 0.655. The van der Waals surface area contributed by atoms with Crippen molar-refractivity contribution < 1.29 is 4.79 Å². The van der Waals surface area contributed by atoms with Crippen molar-refractivity contribution >= 4 is 12.1 Å². The van der Waals surface area contributed by atoms with E-state index in [4.69, 9.17) is 0 Å². The third kappa shape index (κ3) is 0.841. The molecule has 0 aromatic rings. The van der Waals surface area contributed by atoms with Crippen molar-refractivity contribution in [2.45, 2.75) is 0 Å². The zero-order chi connectivity index (χ0) is 5.98. The Morgan fingerprint density at radius 3 is 2.88 bits per heavy atom. The highest BCUT2D eigenvalue weighted by molar-refractivity contribution is 6.27. The highest BCUT2D eigenvalue weighted by Crippen LogP contribution is 1.79. The lowest BCUT2D eigenvalue weighted by atomic mass is 10.6. The molecule has 1 heterocycles. The molecule has 0 unspecified atom stereocenters. The quantitative estimate of drug-likeness (QED) is 0.428. The van der Waals surface area contributed by atoms with Gasteiger partial charge in [-0.2, -0.15) is 5.10 Å². The summed E-state index contributed by atoms with van der Waals surface area (Å²) in [5, 5.41) is 5.84. The number of hydrogen-bond donors (Lipinski definition) is 2. The van der Waals surface area contributed by atoms with Gasteiger partial charge in [0, 0.05) is 0 Å². The maximum Gasteiger partial charge on any atom is 0.269 e. The highest BCUT2D eigenvalue weighted by Gasteiger charge is 2.01. The Morgan fingerprint density at radius 1 is 1.75 bits per heavy atom. The molecule has 1 rings (SSSR count). The molecule has 0 aromatic heterocycles. The van der Waals surface area contributed by atoms with Gasteiger partial charge in [-0.15, -0.1) is 0 Å². The minimum Gasteiger partial charge on any atom is -0.307 e. The van der Waals surface area contributed by atoms with Crippen molar-refractivity contribution in [3.05, 3.63) is 12.4 Å². The van der Waals surface area contributed by atoms with Crippen LogP contribution in [0.1, 0.15) is 0 Å². The molecule has 42 valence electrons. The van der Waals surface area contributed by atoms with Crippen molar-refractivity contribution in [1.29, 1.82) is 0 Å². The zero-order valence-electron chi connectivity index (χ0n) is 4.14. The Labute approximate surface area is 46.3 Å². The average molecular weight is 111 g/mol. The molecule has 8 heavy (non-hydrogen) atoms. The number of nitrogens with one attached hydrogen (secondary N) is 2. The van der Waals surface area contributed by atoms with E-state index in [2.05, 4.69) is 22.4 Å². The summed E-state index contributed by atoms with van der Waals surface area (Å²) in [6.07, 6.45) is 1.15. The van der Waals surface area contributed by atoms with Crippen molar-refractivity contribution in [3.8, 4) is 0 Å². The number of hydrazone groups is 1. The monoisotopic (exact) mass is 111 g/mol. The fourth-order valence-electron chi connectivity index (χ4n) is 0.378. The Bertz CT molecular complexity index is 161. The molecule has 0 bridgehead atoms. The Hall–Kier alpha value is -1.32. The van der Waals surface area contributed by atoms with Crippen LogP contribution in [0.5, 0.6) is 0 Å². The number of rotatable bonds is 0. The molecule has 4 nitrogen and oxygen atoms in total. The smallest absolute Gasteiger partial charge is 0.269 e. The second kappa shape index (κ2) is 1.65. The summed E-state index contributed by atoms with van der Waals surface area (Å²) in [7, 11) is 0. The molecule has 1 aliphatic rings. The first kappa shape index (κ1) is 4.83. The number of hydrogen-bond acceptors (Lipinski definition) is 3. The summed E-state index contributed by atoms with van der Waals surface area (Å²) < 4.78 is 0. The van der Waals surface area contributed by atoms with E-state index in [0.717, 1.165) is 6.21 Å². The summed E-state index contributed by atoms with van der Waals surface area (Å²) in [5.74, 6) is 0.172. The van der Waals surface area contributed by atoms with E-state index in [-0.39, 0.29) is 5.91 Å². The first-order chi connectivity index (χ1) is 3.79. The average Bonchev–Trinajstić information content (AvgIpc) is 1.64. The summed E-state index contributed by atoms with van der Waals surface area (Å²) in [6.45, 7) is 3.41. The largest absolute Gasteiger partial charge is 0.307 e. The fourth-order valence-corrected chi connectivity index (χ4v) is 0.378. The molecule has 0 atom stereocenters. The molecule has 1 aliphatic heterocycles.